The van der Waals surface area contributed by atoms with Gasteiger partial charge in [0.05, 0.1) is 12.0 Å². The summed E-state index contributed by atoms with van der Waals surface area (Å²) in [6.07, 6.45) is 0.819. The maximum atomic E-state index is 12.9. The molecule has 0 aliphatic carbocycles. The standard InChI is InChI=1S/C19H27N3O3/c1-15-13-22(18(24)20-12-16-6-4-3-5-7-16)14-19(15)8-9-21(17(19)23)10-11-25-2/h3-7,15H,8-14H2,1-2H3,(H,20,24)/t15-,19-/m1/s1. The molecule has 6 heteroatoms. The van der Waals surface area contributed by atoms with Crippen LogP contribution in [0.4, 0.5) is 4.79 Å². The molecule has 2 aliphatic rings. The van der Waals surface area contributed by atoms with E-state index in [2.05, 4.69) is 12.2 Å². The summed E-state index contributed by atoms with van der Waals surface area (Å²) >= 11 is 0. The van der Waals surface area contributed by atoms with E-state index in [1.165, 1.54) is 0 Å². The molecule has 136 valence electrons. The monoisotopic (exact) mass is 345 g/mol. The topological polar surface area (TPSA) is 61.9 Å². The fourth-order valence-corrected chi connectivity index (χ4v) is 3.98. The van der Waals surface area contributed by atoms with Crippen LogP contribution in [0.1, 0.15) is 18.9 Å². The number of methoxy groups -OCH3 is 1. The summed E-state index contributed by atoms with van der Waals surface area (Å²) < 4.78 is 5.09. The summed E-state index contributed by atoms with van der Waals surface area (Å²) in [6.45, 7) is 5.67. The van der Waals surface area contributed by atoms with Crippen LogP contribution in [0, 0.1) is 11.3 Å². The minimum Gasteiger partial charge on any atom is -0.383 e. The van der Waals surface area contributed by atoms with Crippen molar-refractivity contribution in [3.8, 4) is 0 Å². The zero-order chi connectivity index (χ0) is 17.9. The van der Waals surface area contributed by atoms with Gasteiger partial charge in [0.1, 0.15) is 0 Å². The van der Waals surface area contributed by atoms with Crippen LogP contribution in [0.5, 0.6) is 0 Å². The van der Waals surface area contributed by atoms with Crippen LogP contribution < -0.4 is 5.32 Å². The van der Waals surface area contributed by atoms with Crippen LogP contribution in [0.3, 0.4) is 0 Å². The van der Waals surface area contributed by atoms with E-state index in [1.807, 2.05) is 35.2 Å². The number of carbonyl (C=O) groups excluding carboxylic acids is 2. The minimum atomic E-state index is -0.419. The SMILES string of the molecule is COCCN1CC[C@]2(CN(C(=O)NCc3ccccc3)C[C@H]2C)C1=O. The first-order chi connectivity index (χ1) is 12.1. The summed E-state index contributed by atoms with van der Waals surface area (Å²) in [4.78, 5) is 29.1. The molecule has 1 spiro atoms. The van der Waals surface area contributed by atoms with Crippen LogP contribution >= 0.6 is 0 Å². The van der Waals surface area contributed by atoms with Gasteiger partial charge in [-0.25, -0.2) is 4.79 Å². The predicted octanol–water partition coefficient (Wildman–Crippen LogP) is 1.71. The molecular formula is C19H27N3O3. The zero-order valence-corrected chi connectivity index (χ0v) is 15.0. The van der Waals surface area contributed by atoms with Crippen molar-refractivity contribution in [3.05, 3.63) is 35.9 Å². The number of urea groups is 1. The quantitative estimate of drug-likeness (QED) is 0.884. The highest BCUT2D eigenvalue weighted by Crippen LogP contribution is 2.44. The van der Waals surface area contributed by atoms with E-state index in [1.54, 1.807) is 12.0 Å². The van der Waals surface area contributed by atoms with Gasteiger partial charge in [-0.05, 0) is 17.9 Å². The molecule has 1 aromatic carbocycles. The second-order valence-electron chi connectivity index (χ2n) is 7.12. The van der Waals surface area contributed by atoms with Gasteiger partial charge in [-0.3, -0.25) is 4.79 Å². The number of likely N-dealkylation sites (tertiary alicyclic amines) is 2. The predicted molar refractivity (Wildman–Crippen MR) is 94.9 cm³/mol. The van der Waals surface area contributed by atoms with Crippen molar-refractivity contribution >= 4 is 11.9 Å². The number of carbonyl (C=O) groups is 2. The van der Waals surface area contributed by atoms with Crippen LogP contribution in [0.15, 0.2) is 30.3 Å². The number of nitrogens with one attached hydrogen (secondary N) is 1. The van der Waals surface area contributed by atoms with Crippen molar-refractivity contribution in [2.75, 3.05) is 39.9 Å². The lowest BCUT2D eigenvalue weighted by Crippen LogP contribution is -2.43. The lowest BCUT2D eigenvalue weighted by molar-refractivity contribution is -0.137. The largest absolute Gasteiger partial charge is 0.383 e. The Morgan fingerprint density at radius 1 is 1.36 bits per heavy atom. The maximum absolute atomic E-state index is 12.9. The number of nitrogens with zero attached hydrogens (tertiary/aromatic N) is 2. The molecule has 2 fully saturated rings. The molecule has 3 rings (SSSR count). The van der Waals surface area contributed by atoms with Crippen LogP contribution in [0.25, 0.3) is 0 Å². The Kier molecular flexibility index (Phi) is 5.27. The van der Waals surface area contributed by atoms with Gasteiger partial charge in [-0.1, -0.05) is 37.3 Å². The third-order valence-corrected chi connectivity index (χ3v) is 5.59. The van der Waals surface area contributed by atoms with Crippen LogP contribution in [-0.2, 0) is 16.1 Å². The van der Waals surface area contributed by atoms with Gasteiger partial charge in [0.2, 0.25) is 5.91 Å². The second kappa shape index (κ2) is 7.44. The van der Waals surface area contributed by atoms with E-state index in [9.17, 15) is 9.59 Å². The maximum Gasteiger partial charge on any atom is 0.317 e. The number of benzene rings is 1. The average Bonchev–Trinajstić information content (AvgIpc) is 3.13. The molecule has 0 aromatic heterocycles. The molecule has 25 heavy (non-hydrogen) atoms. The first-order valence-electron chi connectivity index (χ1n) is 8.92. The lowest BCUT2D eigenvalue weighted by atomic mass is 9.78. The first-order valence-corrected chi connectivity index (χ1v) is 8.92. The molecule has 0 bridgehead atoms. The number of hydrogen-bond acceptors (Lipinski definition) is 3. The Morgan fingerprint density at radius 3 is 2.84 bits per heavy atom. The van der Waals surface area contributed by atoms with E-state index in [0.717, 1.165) is 18.5 Å². The van der Waals surface area contributed by atoms with Gasteiger partial charge in [0.25, 0.3) is 0 Å². The summed E-state index contributed by atoms with van der Waals surface area (Å²) in [5.74, 6) is 0.352. The Morgan fingerprint density at radius 2 is 2.12 bits per heavy atom. The van der Waals surface area contributed by atoms with Crippen molar-refractivity contribution in [1.82, 2.24) is 15.1 Å². The van der Waals surface area contributed by atoms with Crippen molar-refractivity contribution < 1.29 is 14.3 Å². The van der Waals surface area contributed by atoms with E-state index in [-0.39, 0.29) is 17.9 Å². The van der Waals surface area contributed by atoms with Gasteiger partial charge in [0, 0.05) is 39.8 Å². The van der Waals surface area contributed by atoms with Crippen molar-refractivity contribution in [3.63, 3.8) is 0 Å². The fraction of sp³-hybridized carbons (Fsp3) is 0.579. The van der Waals surface area contributed by atoms with Crippen molar-refractivity contribution in [2.45, 2.75) is 19.9 Å². The molecular weight excluding hydrogens is 318 g/mol. The van der Waals surface area contributed by atoms with Gasteiger partial charge in [-0.15, -0.1) is 0 Å². The molecule has 0 unspecified atom stereocenters. The van der Waals surface area contributed by atoms with E-state index >= 15 is 0 Å². The fourth-order valence-electron chi connectivity index (χ4n) is 3.98. The highest BCUT2D eigenvalue weighted by molar-refractivity contribution is 5.87. The third kappa shape index (κ3) is 3.49. The smallest absolute Gasteiger partial charge is 0.317 e. The average molecular weight is 345 g/mol. The number of ether oxygens (including phenoxy) is 1. The van der Waals surface area contributed by atoms with Crippen LogP contribution in [-0.4, -0.2) is 61.6 Å². The molecule has 2 saturated heterocycles. The number of hydrogen-bond donors (Lipinski definition) is 1. The molecule has 3 amide bonds. The van der Waals surface area contributed by atoms with Gasteiger partial charge < -0.3 is 19.9 Å². The Bertz CT molecular complexity index is 622. The summed E-state index contributed by atoms with van der Waals surface area (Å²) in [5.41, 5.74) is 0.651. The van der Waals surface area contributed by atoms with Crippen molar-refractivity contribution in [2.24, 2.45) is 11.3 Å². The lowest BCUT2D eigenvalue weighted by Gasteiger charge is -2.26. The van der Waals surface area contributed by atoms with Crippen molar-refractivity contribution in [1.29, 1.82) is 0 Å². The third-order valence-electron chi connectivity index (χ3n) is 5.59. The molecule has 0 radical (unpaired) electrons. The molecule has 1 N–H and O–H groups in total. The molecule has 1 aromatic rings. The summed E-state index contributed by atoms with van der Waals surface area (Å²) in [6, 6.07) is 9.76. The molecule has 2 heterocycles. The normalized spacial score (nSPS) is 25.8. The minimum absolute atomic E-state index is 0.0873. The Labute approximate surface area is 149 Å². The number of rotatable bonds is 5. The highest BCUT2D eigenvalue weighted by atomic mass is 16.5. The first kappa shape index (κ1) is 17.7. The van der Waals surface area contributed by atoms with E-state index in [0.29, 0.717) is 32.8 Å². The molecule has 6 nitrogen and oxygen atoms in total. The number of amides is 3. The summed E-state index contributed by atoms with van der Waals surface area (Å²) in [7, 11) is 1.65. The van der Waals surface area contributed by atoms with Gasteiger partial charge in [-0.2, -0.15) is 0 Å². The second-order valence-corrected chi connectivity index (χ2v) is 7.12. The molecule has 0 saturated carbocycles. The van der Waals surface area contributed by atoms with E-state index < -0.39 is 5.41 Å². The van der Waals surface area contributed by atoms with Gasteiger partial charge >= 0.3 is 6.03 Å². The molecule has 2 aliphatic heterocycles. The van der Waals surface area contributed by atoms with Crippen LogP contribution in [0.2, 0.25) is 0 Å². The Balaban J connectivity index is 1.59. The zero-order valence-electron chi connectivity index (χ0n) is 15.0. The highest BCUT2D eigenvalue weighted by Gasteiger charge is 2.55. The molecule has 2 atom stereocenters. The Hall–Kier alpha value is -2.08. The van der Waals surface area contributed by atoms with E-state index in [4.69, 9.17) is 4.74 Å². The summed E-state index contributed by atoms with van der Waals surface area (Å²) in [5, 5.41) is 2.97. The van der Waals surface area contributed by atoms with Gasteiger partial charge in [0.15, 0.2) is 0 Å².